The van der Waals surface area contributed by atoms with Crippen molar-refractivity contribution >= 4 is 111 Å². The van der Waals surface area contributed by atoms with E-state index in [1.54, 1.807) is 0 Å². The molecule has 6 aliphatic rings. The van der Waals surface area contributed by atoms with Gasteiger partial charge in [0, 0.05) is 120 Å². The molecular weight excluding hydrogens is 1710 g/mol. The molecule has 0 N–H and O–H groups in total. The Hall–Kier alpha value is -16.5. The van der Waals surface area contributed by atoms with Crippen molar-refractivity contribution in [2.45, 2.75) is 49.4 Å². The van der Waals surface area contributed by atoms with Gasteiger partial charge in [0.2, 0.25) is 0 Å². The van der Waals surface area contributed by atoms with E-state index in [4.69, 9.17) is 0 Å². The Kier molecular flexibility index (Phi) is 17.7. The Bertz CT molecular complexity index is 8770. The number of benzene rings is 20. The van der Waals surface area contributed by atoms with Crippen LogP contribution in [0.3, 0.4) is 0 Å². The van der Waals surface area contributed by atoms with Gasteiger partial charge in [-0.3, -0.25) is 0 Å². The van der Waals surface area contributed by atoms with Crippen LogP contribution >= 0.6 is 22.7 Å². The number of para-hydroxylation sites is 4. The minimum Gasteiger partial charge on any atom is -0.310 e. The molecule has 4 nitrogen and oxygen atoms in total. The maximum Gasteiger partial charge on any atom is 0.0821 e. The SMILES string of the molecule is CC1(C)c2ccccc2-c2ccc(N(c3ccccc3)c3ccc4c(c3)-c3c(sc5ccccc35)C43c4ccccc4-c4c(N(c5ccccc5)c5ccc6c(c5)C(C)(C)c5c(-c7ccc(N(c8ccccc8)c8cccc9c8-c8ccccc8C98c9cccc(N(c%10ccc(-c%11ccccc%11)cc%10)c%10ccccc%10-c%10ccccc%10)c9-c9c8sc8ccccc98)cc7)cccc5-6)cccc43)cc21. The summed E-state index contributed by atoms with van der Waals surface area (Å²) < 4.78 is 2.56. The molecule has 22 aromatic rings. The number of nitrogens with zero attached hydrogens (tertiary/aromatic N) is 4. The summed E-state index contributed by atoms with van der Waals surface area (Å²) in [6.45, 7) is 9.68. The van der Waals surface area contributed by atoms with Crippen LogP contribution < -0.4 is 19.6 Å². The number of thiophene rings is 2. The van der Waals surface area contributed by atoms with Crippen LogP contribution in [0.25, 0.3) is 120 Å². The molecule has 0 fully saturated rings. The summed E-state index contributed by atoms with van der Waals surface area (Å²) in [6, 6.07) is 179. The van der Waals surface area contributed by atoms with Crippen LogP contribution in [0.4, 0.5) is 68.2 Å². The highest BCUT2D eigenvalue weighted by Crippen LogP contribution is 2.72. The van der Waals surface area contributed by atoms with Crippen molar-refractivity contribution in [2.75, 3.05) is 19.6 Å². The fraction of sp³-hybridized carbons (Fsp3) is 0.0606. The standard InChI is InChI=1S/C132H90N4S2/c1-129(2)106-54-26-20-47-97(106)98-77-74-93(81-113(98)129)133(87-40-14-7-15-41-87)92-76-79-109-105(80-92)121-103-50-24-30-64-119(103)137-127(121)131(109)107-55-27-21-48-101(107)122-110(131)57-33-62-117(122)135(89-44-18-9-19-45-89)94-75-78-99-100-53-32-52-96(126(100)130(3,4)114(99)82-94)86-68-72-90(73-69-86)134(88-42-16-8-17-43-88)116-61-34-58-111-123(116)102-49-22-28-56-108(102)132(111)112-59-35-63-118(125(112)124-104-51-25-31-65-120(104)138-128(124)132)136(91-70-66-84(67-71-91)83-36-10-5-11-37-83)115-60-29-23-46-95(115)85-38-12-6-13-39-85/h5-82H,1-4H3. The molecule has 138 heavy (non-hydrogen) atoms. The molecule has 0 radical (unpaired) electrons. The molecule has 2 heterocycles. The zero-order valence-electron chi connectivity index (χ0n) is 76.6. The second kappa shape index (κ2) is 30.5. The van der Waals surface area contributed by atoms with Gasteiger partial charge in [0.15, 0.2) is 0 Å². The molecule has 0 saturated heterocycles. The van der Waals surface area contributed by atoms with Crippen LogP contribution in [0.15, 0.2) is 473 Å². The van der Waals surface area contributed by atoms with Gasteiger partial charge in [0.05, 0.1) is 33.6 Å². The van der Waals surface area contributed by atoms with Crippen molar-refractivity contribution in [3.05, 3.63) is 539 Å². The topological polar surface area (TPSA) is 13.0 Å². The first-order valence-corrected chi connectivity index (χ1v) is 49.7. The van der Waals surface area contributed by atoms with Gasteiger partial charge in [0.1, 0.15) is 0 Å². The molecule has 2 spiro atoms. The minimum absolute atomic E-state index is 0.168. The van der Waals surface area contributed by atoms with Crippen molar-refractivity contribution in [3.63, 3.8) is 0 Å². The fourth-order valence-corrected chi connectivity index (χ4v) is 28.1. The van der Waals surface area contributed by atoms with Gasteiger partial charge >= 0.3 is 0 Å². The van der Waals surface area contributed by atoms with E-state index in [1.165, 1.54) is 175 Å². The van der Waals surface area contributed by atoms with Gasteiger partial charge in [0.25, 0.3) is 0 Å². The molecule has 28 rings (SSSR count). The van der Waals surface area contributed by atoms with E-state index in [0.717, 1.165) is 79.4 Å². The normalized spacial score (nSPS) is 15.4. The quantitative estimate of drug-likeness (QED) is 0.101. The highest BCUT2D eigenvalue weighted by atomic mass is 32.1. The van der Waals surface area contributed by atoms with Crippen LogP contribution in [0.2, 0.25) is 0 Å². The zero-order valence-corrected chi connectivity index (χ0v) is 78.3. The Balaban J connectivity index is 0.555. The lowest BCUT2D eigenvalue weighted by Gasteiger charge is -2.33. The van der Waals surface area contributed by atoms with Gasteiger partial charge in [-0.25, -0.2) is 0 Å². The number of fused-ring (bicyclic) bond motifs is 30. The van der Waals surface area contributed by atoms with Crippen molar-refractivity contribution in [1.29, 1.82) is 0 Å². The van der Waals surface area contributed by atoms with Crippen LogP contribution in [0.5, 0.6) is 0 Å². The highest BCUT2D eigenvalue weighted by molar-refractivity contribution is 7.20. The Morgan fingerprint density at radius 3 is 1.11 bits per heavy atom. The molecule has 2 aromatic heterocycles. The van der Waals surface area contributed by atoms with Gasteiger partial charge in [-0.1, -0.05) is 367 Å². The molecule has 2 atom stereocenters. The predicted molar refractivity (Wildman–Crippen MR) is 580 cm³/mol. The average Bonchev–Trinajstić information content (AvgIpc) is 1.49. The summed E-state index contributed by atoms with van der Waals surface area (Å²) >= 11 is 3.92. The van der Waals surface area contributed by atoms with Crippen LogP contribution in [-0.2, 0) is 21.7 Å². The van der Waals surface area contributed by atoms with E-state index in [1.807, 2.05) is 22.7 Å². The number of rotatable bonds is 15. The molecule has 650 valence electrons. The minimum atomic E-state index is -0.693. The van der Waals surface area contributed by atoms with Crippen LogP contribution in [0.1, 0.15) is 93.1 Å². The largest absolute Gasteiger partial charge is 0.310 e. The van der Waals surface area contributed by atoms with E-state index < -0.39 is 16.2 Å². The Morgan fingerprint density at radius 2 is 0.514 bits per heavy atom. The molecule has 0 amide bonds. The van der Waals surface area contributed by atoms with Crippen LogP contribution in [-0.4, -0.2) is 0 Å². The van der Waals surface area contributed by atoms with E-state index in [9.17, 15) is 0 Å². The Labute approximate surface area is 812 Å². The summed E-state index contributed by atoms with van der Waals surface area (Å²) in [5.74, 6) is 0. The van der Waals surface area contributed by atoms with Crippen molar-refractivity contribution < 1.29 is 0 Å². The first-order valence-electron chi connectivity index (χ1n) is 48.1. The van der Waals surface area contributed by atoms with Crippen molar-refractivity contribution in [2.24, 2.45) is 0 Å². The monoisotopic (exact) mass is 1790 g/mol. The van der Waals surface area contributed by atoms with E-state index >= 15 is 0 Å². The van der Waals surface area contributed by atoms with Gasteiger partial charge in [-0.05, 0) is 256 Å². The summed E-state index contributed by atoms with van der Waals surface area (Å²) in [7, 11) is 0. The van der Waals surface area contributed by atoms with Crippen molar-refractivity contribution in [3.8, 4) is 100 Å². The third-order valence-electron chi connectivity index (χ3n) is 31.0. The Morgan fingerprint density at radius 1 is 0.174 bits per heavy atom. The van der Waals surface area contributed by atoms with E-state index in [2.05, 4.69) is 520 Å². The van der Waals surface area contributed by atoms with Gasteiger partial charge < -0.3 is 19.6 Å². The molecule has 0 aliphatic heterocycles. The molecule has 20 aromatic carbocycles. The number of hydrogen-bond acceptors (Lipinski definition) is 6. The molecule has 0 bridgehead atoms. The lowest BCUT2D eigenvalue weighted by atomic mass is 9.73. The lowest BCUT2D eigenvalue weighted by molar-refractivity contribution is 0.660. The molecule has 6 heteroatoms. The molecular formula is C132H90N4S2. The second-order valence-electron chi connectivity index (χ2n) is 38.7. The van der Waals surface area contributed by atoms with E-state index in [-0.39, 0.29) is 5.41 Å². The fourth-order valence-electron chi connectivity index (χ4n) is 25.2. The highest BCUT2D eigenvalue weighted by Gasteiger charge is 2.58. The smallest absolute Gasteiger partial charge is 0.0821 e. The predicted octanol–water partition coefficient (Wildman–Crippen LogP) is 36.3. The number of anilines is 12. The van der Waals surface area contributed by atoms with Gasteiger partial charge in [-0.15, -0.1) is 22.7 Å². The molecule has 2 unspecified atom stereocenters. The van der Waals surface area contributed by atoms with E-state index in [0.29, 0.717) is 0 Å². The summed E-state index contributed by atoms with van der Waals surface area (Å²) in [5, 5.41) is 2.56. The van der Waals surface area contributed by atoms with Crippen LogP contribution in [0, 0.1) is 0 Å². The third-order valence-corrected chi connectivity index (χ3v) is 33.6. The second-order valence-corrected chi connectivity index (χ2v) is 40.8. The third kappa shape index (κ3) is 11.4. The zero-order chi connectivity index (χ0) is 91.4. The average molecular weight is 1800 g/mol. The molecule has 0 saturated carbocycles. The summed E-state index contributed by atoms with van der Waals surface area (Å²) in [4.78, 5) is 12.8. The lowest BCUT2D eigenvalue weighted by Crippen LogP contribution is -2.25. The first-order chi connectivity index (χ1) is 68.0. The number of hydrogen-bond donors (Lipinski definition) is 0. The summed E-state index contributed by atoms with van der Waals surface area (Å²) in [5.41, 5.74) is 46.9. The van der Waals surface area contributed by atoms with Crippen molar-refractivity contribution in [1.82, 2.24) is 0 Å². The van der Waals surface area contributed by atoms with Gasteiger partial charge in [-0.2, -0.15) is 0 Å². The molecule has 6 aliphatic carbocycles. The first kappa shape index (κ1) is 80.0. The summed E-state index contributed by atoms with van der Waals surface area (Å²) in [6.07, 6.45) is 0. The maximum absolute atomic E-state index is 2.56. The maximum atomic E-state index is 2.56.